The molecule has 0 unspecified atom stereocenters. The smallest absolute Gasteiger partial charge is 0.150 e. The number of halogens is 3. The molecule has 0 fully saturated rings. The Morgan fingerprint density at radius 1 is 1.27 bits per heavy atom. The van der Waals surface area contributed by atoms with Gasteiger partial charge in [0.2, 0.25) is 0 Å². The van der Waals surface area contributed by atoms with E-state index < -0.39 is 11.6 Å². The third-order valence-corrected chi connectivity index (χ3v) is 1.46. The fourth-order valence-electron chi connectivity index (χ4n) is 0.633. The van der Waals surface area contributed by atoms with Crippen molar-refractivity contribution in [3.05, 3.63) is 28.8 Å². The van der Waals surface area contributed by atoms with E-state index in [4.69, 9.17) is 17.4 Å². The van der Waals surface area contributed by atoms with Gasteiger partial charge in [0.05, 0.1) is 10.7 Å². The summed E-state index contributed by atoms with van der Waals surface area (Å²) in [4.78, 5) is 0. The molecule has 0 radical (unpaired) electrons. The lowest BCUT2D eigenvalue weighted by Crippen LogP contribution is -2.08. The molecule has 2 nitrogen and oxygen atoms in total. The molecule has 0 spiro atoms. The van der Waals surface area contributed by atoms with Crippen LogP contribution in [0, 0.1) is 11.6 Å². The van der Waals surface area contributed by atoms with Gasteiger partial charge in [-0.1, -0.05) is 11.6 Å². The van der Waals surface area contributed by atoms with Crippen molar-refractivity contribution in [3.8, 4) is 0 Å². The maximum absolute atomic E-state index is 12.6. The Bertz CT molecular complexity index is 278. The van der Waals surface area contributed by atoms with Crippen LogP contribution in [0.5, 0.6) is 0 Å². The first-order chi connectivity index (χ1) is 5.15. The molecule has 5 heteroatoms. The van der Waals surface area contributed by atoms with Crippen LogP contribution in [0.1, 0.15) is 0 Å². The first kappa shape index (κ1) is 8.23. The molecule has 0 aromatic heterocycles. The van der Waals surface area contributed by atoms with E-state index in [1.165, 1.54) is 0 Å². The summed E-state index contributed by atoms with van der Waals surface area (Å²) in [5.74, 6) is 3.33. The van der Waals surface area contributed by atoms with Crippen LogP contribution < -0.4 is 11.3 Å². The highest BCUT2D eigenvalue weighted by atomic mass is 35.5. The van der Waals surface area contributed by atoms with E-state index in [9.17, 15) is 8.78 Å². The number of benzene rings is 1. The molecule has 3 N–H and O–H groups in total. The van der Waals surface area contributed by atoms with Crippen molar-refractivity contribution in [1.82, 2.24) is 0 Å². The van der Waals surface area contributed by atoms with Gasteiger partial charge in [-0.3, -0.25) is 5.84 Å². The SMILES string of the molecule is NNc1cc(Cl)c(F)cc1F. The summed E-state index contributed by atoms with van der Waals surface area (Å²) >= 11 is 5.33. The number of nitrogens with one attached hydrogen (secondary N) is 1. The van der Waals surface area contributed by atoms with Crippen molar-refractivity contribution in [3.63, 3.8) is 0 Å². The molecular weight excluding hydrogens is 174 g/mol. The topological polar surface area (TPSA) is 38.0 Å². The average molecular weight is 179 g/mol. The van der Waals surface area contributed by atoms with Crippen LogP contribution in [-0.2, 0) is 0 Å². The lowest BCUT2D eigenvalue weighted by molar-refractivity contribution is 0.585. The van der Waals surface area contributed by atoms with Crippen LogP contribution in [0.4, 0.5) is 14.5 Å². The van der Waals surface area contributed by atoms with Gasteiger partial charge >= 0.3 is 0 Å². The third kappa shape index (κ3) is 1.58. The first-order valence-electron chi connectivity index (χ1n) is 2.76. The second-order valence-corrected chi connectivity index (χ2v) is 2.30. The molecule has 0 aliphatic carbocycles. The van der Waals surface area contributed by atoms with E-state index in [-0.39, 0.29) is 10.7 Å². The van der Waals surface area contributed by atoms with Crippen LogP contribution in [0.15, 0.2) is 12.1 Å². The summed E-state index contributed by atoms with van der Waals surface area (Å²) in [7, 11) is 0. The summed E-state index contributed by atoms with van der Waals surface area (Å²) in [5, 5.41) is -0.167. The molecule has 1 aromatic carbocycles. The van der Waals surface area contributed by atoms with E-state index >= 15 is 0 Å². The van der Waals surface area contributed by atoms with Crippen molar-refractivity contribution < 1.29 is 8.78 Å². The Morgan fingerprint density at radius 2 is 1.91 bits per heavy atom. The van der Waals surface area contributed by atoms with Gasteiger partial charge < -0.3 is 5.43 Å². The normalized spacial score (nSPS) is 9.82. The number of hydrogen-bond donors (Lipinski definition) is 2. The monoisotopic (exact) mass is 178 g/mol. The van der Waals surface area contributed by atoms with Gasteiger partial charge in [0.25, 0.3) is 0 Å². The van der Waals surface area contributed by atoms with Crippen LogP contribution in [0.2, 0.25) is 5.02 Å². The second kappa shape index (κ2) is 3.02. The third-order valence-electron chi connectivity index (χ3n) is 1.17. The molecule has 0 atom stereocenters. The minimum atomic E-state index is -0.803. The van der Waals surface area contributed by atoms with E-state index in [2.05, 4.69) is 0 Å². The highest BCUT2D eigenvalue weighted by Gasteiger charge is 2.06. The fourth-order valence-corrected chi connectivity index (χ4v) is 0.797. The summed E-state index contributed by atoms with van der Waals surface area (Å²) in [6.45, 7) is 0. The minimum Gasteiger partial charge on any atom is -0.321 e. The minimum absolute atomic E-state index is 0.0311. The second-order valence-electron chi connectivity index (χ2n) is 1.89. The lowest BCUT2D eigenvalue weighted by atomic mass is 10.3. The van der Waals surface area contributed by atoms with Crippen molar-refractivity contribution in [2.24, 2.45) is 5.84 Å². The molecule has 0 aliphatic heterocycles. The summed E-state index contributed by atoms with van der Waals surface area (Å²) < 4.78 is 25.0. The first-order valence-corrected chi connectivity index (χ1v) is 3.14. The van der Waals surface area contributed by atoms with Gasteiger partial charge in [-0.25, -0.2) is 8.78 Å². The Labute approximate surface area is 66.9 Å². The summed E-state index contributed by atoms with van der Waals surface area (Å²) in [6.07, 6.45) is 0. The molecule has 0 heterocycles. The lowest BCUT2D eigenvalue weighted by Gasteiger charge is -2.01. The van der Waals surface area contributed by atoms with Crippen LogP contribution >= 0.6 is 11.6 Å². The van der Waals surface area contributed by atoms with Gasteiger partial charge in [0, 0.05) is 6.07 Å². The predicted molar refractivity (Wildman–Crippen MR) is 39.2 cm³/mol. The Kier molecular flexibility index (Phi) is 2.26. The van der Waals surface area contributed by atoms with Gasteiger partial charge in [-0.15, -0.1) is 0 Å². The zero-order valence-corrected chi connectivity index (χ0v) is 6.12. The maximum Gasteiger partial charge on any atom is 0.150 e. The molecule has 0 amide bonds. The highest BCUT2D eigenvalue weighted by molar-refractivity contribution is 6.31. The summed E-state index contributed by atoms with van der Waals surface area (Å²) in [6, 6.07) is 1.74. The van der Waals surface area contributed by atoms with Gasteiger partial charge in [-0.2, -0.15) is 0 Å². The Balaban J connectivity index is 3.21. The maximum atomic E-state index is 12.6. The molecule has 1 aromatic rings. The molecule has 11 heavy (non-hydrogen) atoms. The predicted octanol–water partition coefficient (Wildman–Crippen LogP) is 1.90. The van der Waals surface area contributed by atoms with Crippen LogP contribution in [0.25, 0.3) is 0 Å². The number of rotatable bonds is 1. The van der Waals surface area contributed by atoms with Crippen molar-refractivity contribution in [2.75, 3.05) is 5.43 Å². The number of nitrogen functional groups attached to an aromatic ring is 1. The molecule has 0 bridgehead atoms. The molecule has 0 saturated heterocycles. The number of anilines is 1. The summed E-state index contributed by atoms with van der Waals surface area (Å²) in [5.41, 5.74) is 2.01. The fraction of sp³-hybridized carbons (Fsp3) is 0. The van der Waals surface area contributed by atoms with E-state index in [1.54, 1.807) is 0 Å². The van der Waals surface area contributed by atoms with Crippen LogP contribution in [-0.4, -0.2) is 0 Å². The molecular formula is C6H5ClF2N2. The van der Waals surface area contributed by atoms with Crippen molar-refractivity contribution in [2.45, 2.75) is 0 Å². The van der Waals surface area contributed by atoms with Gasteiger partial charge in [-0.05, 0) is 6.07 Å². The molecule has 1 rings (SSSR count). The highest BCUT2D eigenvalue weighted by Crippen LogP contribution is 2.21. The quantitative estimate of drug-likeness (QED) is 0.392. The standard InChI is InChI=1S/C6H5ClF2N2/c7-3-1-6(11-10)5(9)2-4(3)8/h1-2,11H,10H2. The van der Waals surface area contributed by atoms with Gasteiger partial charge in [0.1, 0.15) is 5.82 Å². The van der Waals surface area contributed by atoms with Crippen LogP contribution in [0.3, 0.4) is 0 Å². The molecule has 0 aliphatic rings. The van der Waals surface area contributed by atoms with E-state index in [0.717, 1.165) is 6.07 Å². The molecule has 0 saturated carbocycles. The number of hydrazine groups is 1. The van der Waals surface area contributed by atoms with E-state index in [0.29, 0.717) is 6.07 Å². The zero-order chi connectivity index (χ0) is 8.43. The zero-order valence-electron chi connectivity index (χ0n) is 5.37. The Morgan fingerprint density at radius 3 is 2.45 bits per heavy atom. The number of hydrogen-bond acceptors (Lipinski definition) is 2. The van der Waals surface area contributed by atoms with E-state index in [1.807, 2.05) is 5.43 Å². The average Bonchev–Trinajstić information content (AvgIpc) is 1.97. The van der Waals surface area contributed by atoms with Crippen molar-refractivity contribution >= 4 is 17.3 Å². The Hall–Kier alpha value is -0.870. The number of nitrogens with two attached hydrogens (primary N) is 1. The molecule has 60 valence electrons. The van der Waals surface area contributed by atoms with Crippen molar-refractivity contribution in [1.29, 1.82) is 0 Å². The van der Waals surface area contributed by atoms with Gasteiger partial charge in [0.15, 0.2) is 5.82 Å². The largest absolute Gasteiger partial charge is 0.321 e.